The number of hydrogen-bond acceptors (Lipinski definition) is 5. The first-order valence-corrected chi connectivity index (χ1v) is 7.02. The number of fused-ring (bicyclic) bond motifs is 1. The third-order valence-electron chi connectivity index (χ3n) is 3.18. The molecule has 1 aromatic carbocycles. The van der Waals surface area contributed by atoms with Crippen molar-refractivity contribution in [2.24, 2.45) is 0 Å². The van der Waals surface area contributed by atoms with Gasteiger partial charge >= 0.3 is 12.0 Å². The van der Waals surface area contributed by atoms with Gasteiger partial charge in [-0.3, -0.25) is 15.1 Å². The van der Waals surface area contributed by atoms with Crippen LogP contribution in [-0.2, 0) is 9.53 Å². The molecule has 7 nitrogen and oxygen atoms in total. The molecule has 120 valence electrons. The molecule has 3 amide bonds. The molecule has 23 heavy (non-hydrogen) atoms. The lowest BCUT2D eigenvalue weighted by Crippen LogP contribution is -2.43. The fourth-order valence-corrected chi connectivity index (χ4v) is 2.03. The number of ether oxygens (including phenoxy) is 1. The van der Waals surface area contributed by atoms with Crippen molar-refractivity contribution < 1.29 is 19.1 Å². The van der Waals surface area contributed by atoms with Gasteiger partial charge in [-0.25, -0.2) is 9.59 Å². The maximum absolute atomic E-state index is 12.4. The fraction of sp³-hybridized carbons (Fsp3) is 0.250. The molecule has 0 aliphatic rings. The number of benzene rings is 1. The lowest BCUT2D eigenvalue weighted by molar-refractivity contribution is -0.127. The minimum Gasteiger partial charge on any atom is -0.449 e. The molecule has 0 bridgehead atoms. The van der Waals surface area contributed by atoms with E-state index in [1.165, 1.54) is 14.0 Å². The number of imide groups is 1. The molecule has 1 atom stereocenters. The number of nitrogens with zero attached hydrogens (tertiary/aromatic N) is 1. The number of carbonyl (C=O) groups is 3. The van der Waals surface area contributed by atoms with Crippen molar-refractivity contribution in [3.63, 3.8) is 0 Å². The molecule has 0 saturated carbocycles. The van der Waals surface area contributed by atoms with Gasteiger partial charge in [0.25, 0.3) is 5.91 Å². The predicted octanol–water partition coefficient (Wildman–Crippen LogP) is 1.54. The average molecular weight is 315 g/mol. The number of esters is 1. The number of aromatic nitrogens is 1. The highest BCUT2D eigenvalue weighted by Gasteiger charge is 2.22. The molecule has 1 heterocycles. The van der Waals surface area contributed by atoms with Gasteiger partial charge in [0.05, 0.1) is 11.1 Å². The van der Waals surface area contributed by atoms with Crippen LogP contribution >= 0.6 is 0 Å². The predicted molar refractivity (Wildman–Crippen MR) is 84.0 cm³/mol. The summed E-state index contributed by atoms with van der Waals surface area (Å²) in [6.07, 6.45) is -1.10. The summed E-state index contributed by atoms with van der Waals surface area (Å²) in [5.74, 6) is -1.35. The van der Waals surface area contributed by atoms with Crippen molar-refractivity contribution in [1.82, 2.24) is 15.6 Å². The van der Waals surface area contributed by atoms with E-state index < -0.39 is 24.0 Å². The maximum atomic E-state index is 12.4. The van der Waals surface area contributed by atoms with Crippen LogP contribution in [0.25, 0.3) is 10.9 Å². The Morgan fingerprint density at radius 3 is 2.61 bits per heavy atom. The standard InChI is InChI=1S/C16H17N3O4/c1-9-8-12(11-6-4-5-7-13(11)18-9)15(21)23-10(2)14(20)19-16(22)17-3/h4-8,10H,1-3H3,(H2,17,19,20,22)/t10-/m1/s1. The van der Waals surface area contributed by atoms with Gasteiger partial charge < -0.3 is 10.1 Å². The molecule has 2 N–H and O–H groups in total. The number of amides is 3. The molecule has 0 aliphatic carbocycles. The van der Waals surface area contributed by atoms with Crippen LogP contribution in [0.4, 0.5) is 4.79 Å². The van der Waals surface area contributed by atoms with Crippen LogP contribution in [0.1, 0.15) is 23.0 Å². The zero-order chi connectivity index (χ0) is 17.0. The van der Waals surface area contributed by atoms with E-state index in [2.05, 4.69) is 15.6 Å². The Morgan fingerprint density at radius 1 is 1.22 bits per heavy atom. The van der Waals surface area contributed by atoms with Gasteiger partial charge in [0.1, 0.15) is 0 Å². The molecule has 0 fully saturated rings. The van der Waals surface area contributed by atoms with Gasteiger partial charge in [0, 0.05) is 18.1 Å². The van der Waals surface area contributed by atoms with Crippen LogP contribution in [-0.4, -0.2) is 36.0 Å². The van der Waals surface area contributed by atoms with Crippen molar-refractivity contribution >= 4 is 28.8 Å². The summed E-state index contributed by atoms with van der Waals surface area (Å²) >= 11 is 0. The molecule has 2 aromatic rings. The minimum absolute atomic E-state index is 0.327. The van der Waals surface area contributed by atoms with Crippen LogP contribution in [0.2, 0.25) is 0 Å². The summed E-state index contributed by atoms with van der Waals surface area (Å²) in [6.45, 7) is 3.16. The first-order chi connectivity index (χ1) is 10.9. The molecule has 0 spiro atoms. The Balaban J connectivity index is 2.21. The number of para-hydroxylation sites is 1. The normalized spacial score (nSPS) is 11.6. The highest BCUT2D eigenvalue weighted by molar-refractivity contribution is 6.05. The van der Waals surface area contributed by atoms with Crippen LogP contribution < -0.4 is 10.6 Å². The molecular weight excluding hydrogens is 298 g/mol. The monoisotopic (exact) mass is 315 g/mol. The maximum Gasteiger partial charge on any atom is 0.339 e. The highest BCUT2D eigenvalue weighted by atomic mass is 16.5. The Bertz CT molecular complexity index is 773. The van der Waals surface area contributed by atoms with Gasteiger partial charge in [-0.15, -0.1) is 0 Å². The Kier molecular flexibility index (Phi) is 4.90. The second-order valence-corrected chi connectivity index (χ2v) is 4.94. The van der Waals surface area contributed by atoms with Gasteiger partial charge in [-0.05, 0) is 26.0 Å². The van der Waals surface area contributed by atoms with Crippen molar-refractivity contribution in [2.75, 3.05) is 7.05 Å². The lowest BCUT2D eigenvalue weighted by Gasteiger charge is -2.14. The number of urea groups is 1. The van der Waals surface area contributed by atoms with Gasteiger partial charge in [-0.1, -0.05) is 18.2 Å². The third kappa shape index (κ3) is 3.82. The van der Waals surface area contributed by atoms with Crippen LogP contribution in [0.3, 0.4) is 0 Å². The molecule has 1 aromatic heterocycles. The molecule has 0 aliphatic heterocycles. The van der Waals surface area contributed by atoms with E-state index in [0.717, 1.165) is 0 Å². The van der Waals surface area contributed by atoms with Gasteiger partial charge in [0.2, 0.25) is 0 Å². The van der Waals surface area contributed by atoms with Crippen LogP contribution in [0.5, 0.6) is 0 Å². The first-order valence-electron chi connectivity index (χ1n) is 7.02. The number of rotatable bonds is 3. The number of hydrogen-bond donors (Lipinski definition) is 2. The van der Waals surface area contributed by atoms with E-state index in [1.54, 1.807) is 31.2 Å². The summed E-state index contributed by atoms with van der Waals surface area (Å²) in [7, 11) is 1.38. The Hall–Kier alpha value is -2.96. The highest BCUT2D eigenvalue weighted by Crippen LogP contribution is 2.19. The van der Waals surface area contributed by atoms with Crippen molar-refractivity contribution in [1.29, 1.82) is 0 Å². The largest absolute Gasteiger partial charge is 0.449 e. The second kappa shape index (κ2) is 6.87. The number of pyridine rings is 1. The smallest absolute Gasteiger partial charge is 0.339 e. The third-order valence-corrected chi connectivity index (χ3v) is 3.18. The van der Waals surface area contributed by atoms with Crippen LogP contribution in [0.15, 0.2) is 30.3 Å². The summed E-state index contributed by atoms with van der Waals surface area (Å²) < 4.78 is 5.15. The quantitative estimate of drug-likeness (QED) is 0.837. The molecule has 7 heteroatoms. The lowest BCUT2D eigenvalue weighted by atomic mass is 10.1. The Labute approximate surface area is 133 Å². The molecule has 0 unspecified atom stereocenters. The number of nitrogens with one attached hydrogen (secondary N) is 2. The topological polar surface area (TPSA) is 97.4 Å². The van der Waals surface area contributed by atoms with E-state index in [1.807, 2.05) is 6.07 Å². The Morgan fingerprint density at radius 2 is 1.91 bits per heavy atom. The molecule has 2 rings (SSSR count). The molecular formula is C16H17N3O4. The minimum atomic E-state index is -1.10. The second-order valence-electron chi connectivity index (χ2n) is 4.94. The summed E-state index contributed by atoms with van der Waals surface area (Å²) in [5, 5.41) is 4.94. The van der Waals surface area contributed by atoms with Crippen molar-refractivity contribution in [3.05, 3.63) is 41.6 Å². The van der Waals surface area contributed by atoms with E-state index in [9.17, 15) is 14.4 Å². The van der Waals surface area contributed by atoms with E-state index >= 15 is 0 Å². The average Bonchev–Trinajstić information content (AvgIpc) is 2.53. The van der Waals surface area contributed by atoms with Gasteiger partial charge in [-0.2, -0.15) is 0 Å². The van der Waals surface area contributed by atoms with E-state index in [0.29, 0.717) is 22.2 Å². The van der Waals surface area contributed by atoms with E-state index in [4.69, 9.17) is 4.74 Å². The zero-order valence-corrected chi connectivity index (χ0v) is 13.0. The number of carbonyl (C=O) groups excluding carboxylic acids is 3. The fourth-order valence-electron chi connectivity index (χ4n) is 2.03. The molecule has 0 saturated heterocycles. The molecule has 0 radical (unpaired) electrons. The first kappa shape index (κ1) is 16.4. The summed E-state index contributed by atoms with van der Waals surface area (Å²) in [6, 6.07) is 8.10. The zero-order valence-electron chi connectivity index (χ0n) is 13.0. The SMILES string of the molecule is CNC(=O)NC(=O)[C@@H](C)OC(=O)c1cc(C)nc2ccccc12. The summed E-state index contributed by atoms with van der Waals surface area (Å²) in [4.78, 5) is 39.6. The summed E-state index contributed by atoms with van der Waals surface area (Å²) in [5.41, 5.74) is 1.66. The van der Waals surface area contributed by atoms with E-state index in [-0.39, 0.29) is 0 Å². The number of aryl methyl sites for hydroxylation is 1. The van der Waals surface area contributed by atoms with Crippen LogP contribution in [0, 0.1) is 6.92 Å². The van der Waals surface area contributed by atoms with Crippen molar-refractivity contribution in [3.8, 4) is 0 Å². The van der Waals surface area contributed by atoms with Gasteiger partial charge in [0.15, 0.2) is 6.10 Å². The van der Waals surface area contributed by atoms with Crippen molar-refractivity contribution in [2.45, 2.75) is 20.0 Å².